The van der Waals surface area contributed by atoms with Gasteiger partial charge in [0.25, 0.3) is 0 Å². The van der Waals surface area contributed by atoms with E-state index in [4.69, 9.17) is 0 Å². The number of fused-ring (bicyclic) bond motifs is 5. The van der Waals surface area contributed by atoms with Gasteiger partial charge in [-0.3, -0.25) is 0 Å². The van der Waals surface area contributed by atoms with Gasteiger partial charge in [-0.25, -0.2) is 0 Å². The molecule has 1 fully saturated rings. The monoisotopic (exact) mass is 854 g/mol. The predicted octanol–water partition coefficient (Wildman–Crippen LogP) is 18.5. The van der Waals surface area contributed by atoms with E-state index in [-0.39, 0.29) is 5.41 Å². The number of hydrogen-bond donors (Lipinski definition) is 0. The Hall–Kier alpha value is -7.54. The van der Waals surface area contributed by atoms with Gasteiger partial charge in [-0.15, -0.1) is 0 Å². The summed E-state index contributed by atoms with van der Waals surface area (Å²) in [5, 5.41) is 13.6. The molecule has 3 aliphatic carbocycles. The second-order valence-corrected chi connectivity index (χ2v) is 19.9. The van der Waals surface area contributed by atoms with Gasteiger partial charge in [0, 0.05) is 5.41 Å². The molecule has 14 rings (SSSR count). The molecule has 0 amide bonds. The third-order valence-corrected chi connectivity index (χ3v) is 16.3. The van der Waals surface area contributed by atoms with Crippen molar-refractivity contribution in [2.75, 3.05) is 0 Å². The minimum Gasteiger partial charge on any atom is -0.0614 e. The minimum atomic E-state index is 0.0592. The number of hydrogen-bond acceptors (Lipinski definition) is 0. The molecular formula is C67H50. The zero-order valence-electron chi connectivity index (χ0n) is 37.9. The Kier molecular flexibility index (Phi) is 8.66. The molecule has 1 saturated carbocycles. The molecular weight excluding hydrogens is 805 g/mol. The van der Waals surface area contributed by atoms with Crippen LogP contribution < -0.4 is 0 Å². The SMILES string of the molecule is CC1Cc2cccc3ccc4c(/C=C/c5ccc(-c6ccc7c(c6)C6(CCCCC6)c6cc(-c8ccc(/C=C/c9ccc%10ccc%11cccc%12ccc9c%10c%11%12)cc8)ccc6-7)cc5)ccc1c4c23. The summed E-state index contributed by atoms with van der Waals surface area (Å²) in [6, 6.07) is 69.5. The molecule has 318 valence electrons. The first-order valence-electron chi connectivity index (χ1n) is 24.6. The fraction of sp³-hybridized carbons (Fsp3) is 0.134. The first-order chi connectivity index (χ1) is 33.1. The molecule has 1 unspecified atom stereocenters. The third-order valence-electron chi connectivity index (χ3n) is 16.3. The van der Waals surface area contributed by atoms with Crippen molar-refractivity contribution in [3.63, 3.8) is 0 Å². The topological polar surface area (TPSA) is 0 Å². The molecule has 0 nitrogen and oxygen atoms in total. The summed E-state index contributed by atoms with van der Waals surface area (Å²) in [6.07, 6.45) is 16.6. The predicted molar refractivity (Wildman–Crippen MR) is 288 cm³/mol. The zero-order chi connectivity index (χ0) is 44.2. The van der Waals surface area contributed by atoms with Crippen LogP contribution in [0.25, 0.3) is 112 Å². The normalized spacial score (nSPS) is 16.2. The van der Waals surface area contributed by atoms with Gasteiger partial charge < -0.3 is 0 Å². The summed E-state index contributed by atoms with van der Waals surface area (Å²) in [4.78, 5) is 0. The average molecular weight is 855 g/mol. The summed E-state index contributed by atoms with van der Waals surface area (Å²) >= 11 is 0. The Balaban J connectivity index is 0.739. The quantitative estimate of drug-likeness (QED) is 0.115. The van der Waals surface area contributed by atoms with E-state index in [0.29, 0.717) is 5.92 Å². The second kappa shape index (κ2) is 15.0. The van der Waals surface area contributed by atoms with Crippen molar-refractivity contribution in [3.05, 3.63) is 226 Å². The first-order valence-corrected chi connectivity index (χ1v) is 24.6. The molecule has 0 aliphatic heterocycles. The van der Waals surface area contributed by atoms with E-state index in [9.17, 15) is 0 Å². The molecule has 0 heteroatoms. The van der Waals surface area contributed by atoms with Gasteiger partial charge in [0.2, 0.25) is 0 Å². The second-order valence-electron chi connectivity index (χ2n) is 19.9. The van der Waals surface area contributed by atoms with E-state index < -0.39 is 0 Å². The minimum absolute atomic E-state index is 0.0592. The van der Waals surface area contributed by atoms with Gasteiger partial charge in [0.1, 0.15) is 0 Å². The summed E-state index contributed by atoms with van der Waals surface area (Å²) < 4.78 is 0. The lowest BCUT2D eigenvalue weighted by molar-refractivity contribution is 0.353. The maximum atomic E-state index is 2.55. The molecule has 1 atom stereocenters. The van der Waals surface area contributed by atoms with Gasteiger partial charge in [0.15, 0.2) is 0 Å². The summed E-state index contributed by atoms with van der Waals surface area (Å²) in [6.45, 7) is 2.38. The molecule has 0 N–H and O–H groups in total. The molecule has 0 bridgehead atoms. The molecule has 0 radical (unpaired) electrons. The van der Waals surface area contributed by atoms with Crippen molar-refractivity contribution in [2.24, 2.45) is 0 Å². The van der Waals surface area contributed by atoms with Crippen molar-refractivity contribution in [1.82, 2.24) is 0 Å². The van der Waals surface area contributed by atoms with Crippen molar-refractivity contribution in [2.45, 2.75) is 56.8 Å². The Morgan fingerprint density at radius 1 is 0.403 bits per heavy atom. The van der Waals surface area contributed by atoms with Gasteiger partial charge in [0.05, 0.1) is 0 Å². The Morgan fingerprint density at radius 3 is 1.51 bits per heavy atom. The highest BCUT2D eigenvalue weighted by atomic mass is 14.5. The van der Waals surface area contributed by atoms with E-state index in [2.05, 4.69) is 213 Å². The van der Waals surface area contributed by atoms with Crippen LogP contribution in [-0.2, 0) is 11.8 Å². The van der Waals surface area contributed by atoms with E-state index in [1.165, 1.54) is 164 Å². The van der Waals surface area contributed by atoms with Crippen LogP contribution in [0, 0.1) is 0 Å². The van der Waals surface area contributed by atoms with Gasteiger partial charge >= 0.3 is 0 Å². The van der Waals surface area contributed by atoms with Crippen molar-refractivity contribution >= 4 is 78.2 Å². The summed E-state index contributed by atoms with van der Waals surface area (Å²) in [5.74, 6) is 0.531. The Labute approximate surface area is 392 Å². The van der Waals surface area contributed by atoms with Crippen LogP contribution in [0.2, 0.25) is 0 Å². The highest BCUT2D eigenvalue weighted by Crippen LogP contribution is 2.57. The maximum Gasteiger partial charge on any atom is 0.0215 e. The van der Waals surface area contributed by atoms with E-state index in [0.717, 1.165) is 6.42 Å². The van der Waals surface area contributed by atoms with Crippen molar-refractivity contribution < 1.29 is 0 Å². The van der Waals surface area contributed by atoms with E-state index >= 15 is 0 Å². The summed E-state index contributed by atoms with van der Waals surface area (Å²) in [7, 11) is 0. The Morgan fingerprint density at radius 2 is 0.896 bits per heavy atom. The lowest BCUT2D eigenvalue weighted by Crippen LogP contribution is -2.28. The van der Waals surface area contributed by atoms with Gasteiger partial charge in [-0.2, -0.15) is 0 Å². The molecule has 11 aromatic carbocycles. The molecule has 11 aromatic rings. The van der Waals surface area contributed by atoms with Crippen LogP contribution in [0.5, 0.6) is 0 Å². The van der Waals surface area contributed by atoms with Gasteiger partial charge in [-0.05, 0) is 169 Å². The van der Waals surface area contributed by atoms with Crippen LogP contribution in [0.15, 0.2) is 182 Å². The van der Waals surface area contributed by atoms with E-state index in [1.54, 1.807) is 0 Å². The average Bonchev–Trinajstić information content (AvgIpc) is 3.63. The highest BCUT2D eigenvalue weighted by molar-refractivity contribution is 6.24. The van der Waals surface area contributed by atoms with E-state index in [1.807, 2.05) is 0 Å². The lowest BCUT2D eigenvalue weighted by atomic mass is 9.67. The smallest absolute Gasteiger partial charge is 0.0215 e. The van der Waals surface area contributed by atoms with Crippen LogP contribution >= 0.6 is 0 Å². The van der Waals surface area contributed by atoms with Crippen molar-refractivity contribution in [3.8, 4) is 33.4 Å². The van der Waals surface area contributed by atoms with Crippen LogP contribution in [-0.4, -0.2) is 0 Å². The molecule has 1 spiro atoms. The van der Waals surface area contributed by atoms with Gasteiger partial charge in [-0.1, -0.05) is 220 Å². The van der Waals surface area contributed by atoms with Crippen molar-refractivity contribution in [1.29, 1.82) is 0 Å². The molecule has 67 heavy (non-hydrogen) atoms. The maximum absolute atomic E-state index is 2.55. The van der Waals surface area contributed by atoms with Crippen LogP contribution in [0.3, 0.4) is 0 Å². The van der Waals surface area contributed by atoms with Crippen LogP contribution in [0.4, 0.5) is 0 Å². The molecule has 3 aliphatic rings. The largest absolute Gasteiger partial charge is 0.0614 e. The highest BCUT2D eigenvalue weighted by Gasteiger charge is 2.44. The fourth-order valence-electron chi connectivity index (χ4n) is 12.9. The lowest BCUT2D eigenvalue weighted by Gasteiger charge is -2.36. The fourth-order valence-corrected chi connectivity index (χ4v) is 12.9. The zero-order valence-corrected chi connectivity index (χ0v) is 37.9. The Bertz CT molecular complexity index is 3830. The molecule has 0 aromatic heterocycles. The van der Waals surface area contributed by atoms with Crippen LogP contribution in [0.1, 0.15) is 89.5 Å². The molecule has 0 heterocycles. The summed E-state index contributed by atoms with van der Waals surface area (Å²) in [5.41, 5.74) is 19.1. The number of rotatable bonds is 6. The standard InChI is InChI=1S/C67H50/c1-42-39-55-10-6-9-51-29-34-58-48(27-32-56(42)66(58)64(51)55)22-16-44-13-19-46(20-14-44)54-31-36-60-59-35-30-53(40-61(59)67(62(60)41-54)37-3-2-4-38-67)45-17-11-43(12-18-45)15-21-47-23-24-52-26-25-49-7-5-8-50-28-33-57(47)65(52)63(49)50/h5-36,40-42H,2-4,37-39H2,1H3/b21-15+,22-16+. The number of benzene rings is 11. The molecule has 0 saturated heterocycles. The third kappa shape index (κ3) is 6.05. The first kappa shape index (κ1) is 38.7.